The second kappa shape index (κ2) is 7.56. The number of amides is 3. The van der Waals surface area contributed by atoms with Crippen molar-refractivity contribution in [3.63, 3.8) is 0 Å². The van der Waals surface area contributed by atoms with Crippen LogP contribution in [0.1, 0.15) is 23.1 Å². The molecule has 0 spiro atoms. The van der Waals surface area contributed by atoms with Crippen LogP contribution in [0.2, 0.25) is 0 Å². The Kier molecular flexibility index (Phi) is 5.21. The van der Waals surface area contributed by atoms with Crippen molar-refractivity contribution >= 4 is 17.6 Å². The average molecular weight is 355 g/mol. The second-order valence-corrected chi connectivity index (χ2v) is 6.55. The number of anilines is 1. The van der Waals surface area contributed by atoms with Crippen molar-refractivity contribution in [1.29, 1.82) is 0 Å². The Morgan fingerprint density at radius 1 is 1.15 bits per heavy atom. The zero-order valence-corrected chi connectivity index (χ0v) is 14.9. The number of nitrogens with zero attached hydrogens (tertiary/aromatic N) is 1. The number of nitrogens with one attached hydrogen (secondary N) is 2. The van der Waals surface area contributed by atoms with Crippen molar-refractivity contribution in [2.75, 3.05) is 11.4 Å². The lowest BCUT2D eigenvalue weighted by Gasteiger charge is -2.18. The third-order valence-corrected chi connectivity index (χ3v) is 4.68. The highest BCUT2D eigenvalue weighted by molar-refractivity contribution is 6.01. The lowest BCUT2D eigenvalue weighted by atomic mass is 10.1. The fraction of sp³-hybridized carbons (Fsp3) is 0.300. The fourth-order valence-electron chi connectivity index (χ4n) is 2.96. The topological polar surface area (TPSA) is 61.4 Å². The van der Waals surface area contributed by atoms with Crippen LogP contribution in [0.3, 0.4) is 0 Å². The van der Waals surface area contributed by atoms with Gasteiger partial charge in [-0.1, -0.05) is 18.2 Å². The number of carbonyl (C=O) groups excluding carboxylic acids is 2. The molecule has 0 aliphatic carbocycles. The third-order valence-electron chi connectivity index (χ3n) is 4.68. The number of urea groups is 1. The first-order chi connectivity index (χ1) is 12.4. The molecule has 1 atom stereocenters. The van der Waals surface area contributed by atoms with Crippen molar-refractivity contribution < 1.29 is 14.0 Å². The van der Waals surface area contributed by atoms with Crippen molar-refractivity contribution in [2.45, 2.75) is 32.9 Å². The average Bonchev–Trinajstić information content (AvgIpc) is 2.97. The van der Waals surface area contributed by atoms with Crippen molar-refractivity contribution in [2.24, 2.45) is 0 Å². The van der Waals surface area contributed by atoms with Crippen LogP contribution in [0.4, 0.5) is 14.9 Å². The molecule has 5 nitrogen and oxygen atoms in total. The van der Waals surface area contributed by atoms with E-state index in [1.54, 1.807) is 17.0 Å². The van der Waals surface area contributed by atoms with Gasteiger partial charge in [0.2, 0.25) is 5.91 Å². The van der Waals surface area contributed by atoms with E-state index in [4.69, 9.17) is 0 Å². The Hall–Kier alpha value is -2.89. The van der Waals surface area contributed by atoms with Crippen LogP contribution in [-0.2, 0) is 11.3 Å². The molecule has 136 valence electrons. The summed E-state index contributed by atoms with van der Waals surface area (Å²) in [7, 11) is 0. The summed E-state index contributed by atoms with van der Waals surface area (Å²) in [6, 6.07) is 10.9. The molecular weight excluding hydrogens is 333 g/mol. The van der Waals surface area contributed by atoms with E-state index >= 15 is 0 Å². The molecule has 0 radical (unpaired) electrons. The number of benzene rings is 2. The molecule has 0 aromatic heterocycles. The molecule has 2 aromatic carbocycles. The van der Waals surface area contributed by atoms with Gasteiger partial charge in [-0.3, -0.25) is 4.79 Å². The molecule has 0 bridgehead atoms. The summed E-state index contributed by atoms with van der Waals surface area (Å²) in [5, 5.41) is 5.41. The predicted octanol–water partition coefficient (Wildman–Crippen LogP) is 3.05. The summed E-state index contributed by atoms with van der Waals surface area (Å²) in [5.41, 5.74) is 3.95. The molecule has 1 fully saturated rings. The minimum absolute atomic E-state index is 0.106. The summed E-state index contributed by atoms with van der Waals surface area (Å²) < 4.78 is 12.9. The number of hydrogen-bond donors (Lipinski definition) is 2. The van der Waals surface area contributed by atoms with Crippen LogP contribution in [0, 0.1) is 19.7 Å². The Labute approximate surface area is 152 Å². The van der Waals surface area contributed by atoms with Gasteiger partial charge in [0.15, 0.2) is 0 Å². The number of halogens is 1. The molecule has 26 heavy (non-hydrogen) atoms. The standard InChI is InChI=1S/C20H22FN3O2/c1-13-3-8-17(11-14(13)2)24-10-9-18(19(24)25)23-20(26)22-12-15-4-6-16(21)7-5-15/h3-8,11,18H,9-10,12H2,1-2H3,(H2,22,23,26)/t18-/m1/s1. The summed E-state index contributed by atoms with van der Waals surface area (Å²) in [5.74, 6) is -0.425. The maximum Gasteiger partial charge on any atom is 0.315 e. The van der Waals surface area contributed by atoms with Crippen LogP contribution >= 0.6 is 0 Å². The summed E-state index contributed by atoms with van der Waals surface area (Å²) in [4.78, 5) is 26.4. The van der Waals surface area contributed by atoms with Gasteiger partial charge in [-0.2, -0.15) is 0 Å². The zero-order valence-electron chi connectivity index (χ0n) is 14.9. The normalized spacial score (nSPS) is 16.7. The molecule has 2 N–H and O–H groups in total. The first-order valence-corrected chi connectivity index (χ1v) is 8.61. The summed E-state index contributed by atoms with van der Waals surface area (Å²) in [6.45, 7) is 4.89. The van der Waals surface area contributed by atoms with E-state index in [0.717, 1.165) is 16.8 Å². The first kappa shape index (κ1) is 17.9. The van der Waals surface area contributed by atoms with Gasteiger partial charge in [-0.05, 0) is 61.2 Å². The lowest BCUT2D eigenvalue weighted by Crippen LogP contribution is -2.45. The van der Waals surface area contributed by atoms with Gasteiger partial charge in [-0.15, -0.1) is 0 Å². The van der Waals surface area contributed by atoms with Crippen LogP contribution in [0.15, 0.2) is 42.5 Å². The van der Waals surface area contributed by atoms with Crippen molar-refractivity contribution in [3.8, 4) is 0 Å². The quantitative estimate of drug-likeness (QED) is 0.886. The molecule has 3 amide bonds. The molecule has 1 heterocycles. The monoisotopic (exact) mass is 355 g/mol. The van der Waals surface area contributed by atoms with Crippen molar-refractivity contribution in [3.05, 3.63) is 65.0 Å². The van der Waals surface area contributed by atoms with Crippen LogP contribution in [0.5, 0.6) is 0 Å². The second-order valence-electron chi connectivity index (χ2n) is 6.55. The smallest absolute Gasteiger partial charge is 0.315 e. The molecule has 1 aliphatic heterocycles. The highest BCUT2D eigenvalue weighted by atomic mass is 19.1. The Morgan fingerprint density at radius 2 is 1.88 bits per heavy atom. The number of aryl methyl sites for hydroxylation is 2. The Morgan fingerprint density at radius 3 is 2.58 bits per heavy atom. The van der Waals surface area contributed by atoms with Gasteiger partial charge in [0.25, 0.3) is 0 Å². The molecule has 0 saturated carbocycles. The Balaban J connectivity index is 1.55. The highest BCUT2D eigenvalue weighted by Crippen LogP contribution is 2.24. The number of rotatable bonds is 4. The summed E-state index contributed by atoms with van der Waals surface area (Å²) >= 11 is 0. The molecule has 2 aromatic rings. The molecule has 3 rings (SSSR count). The minimum Gasteiger partial charge on any atom is -0.334 e. The van der Waals surface area contributed by atoms with E-state index in [9.17, 15) is 14.0 Å². The van der Waals surface area contributed by atoms with Gasteiger partial charge in [0, 0.05) is 18.8 Å². The van der Waals surface area contributed by atoms with Gasteiger partial charge < -0.3 is 15.5 Å². The fourth-order valence-corrected chi connectivity index (χ4v) is 2.96. The molecular formula is C20H22FN3O2. The van der Waals surface area contributed by atoms with Crippen LogP contribution < -0.4 is 15.5 Å². The van der Waals surface area contributed by atoms with E-state index in [-0.39, 0.29) is 18.3 Å². The number of carbonyl (C=O) groups is 2. The van der Waals surface area contributed by atoms with Gasteiger partial charge in [-0.25, -0.2) is 9.18 Å². The highest BCUT2D eigenvalue weighted by Gasteiger charge is 2.33. The molecule has 1 saturated heterocycles. The molecule has 1 aliphatic rings. The van der Waals surface area contributed by atoms with Crippen molar-refractivity contribution in [1.82, 2.24) is 10.6 Å². The maximum atomic E-state index is 12.9. The predicted molar refractivity (Wildman–Crippen MR) is 98.4 cm³/mol. The maximum absolute atomic E-state index is 12.9. The van der Waals surface area contributed by atoms with E-state index in [0.29, 0.717) is 13.0 Å². The number of hydrogen-bond acceptors (Lipinski definition) is 2. The van der Waals surface area contributed by atoms with Gasteiger partial charge in [0.05, 0.1) is 0 Å². The Bertz CT molecular complexity index is 820. The zero-order chi connectivity index (χ0) is 18.7. The SMILES string of the molecule is Cc1ccc(N2CC[C@@H](NC(=O)NCc3ccc(F)cc3)C2=O)cc1C. The van der Waals surface area contributed by atoms with Crippen LogP contribution in [-0.4, -0.2) is 24.5 Å². The van der Waals surface area contributed by atoms with Gasteiger partial charge in [0.1, 0.15) is 11.9 Å². The van der Waals surface area contributed by atoms with Gasteiger partial charge >= 0.3 is 6.03 Å². The first-order valence-electron chi connectivity index (χ1n) is 8.61. The largest absolute Gasteiger partial charge is 0.334 e. The molecule has 6 heteroatoms. The van der Waals surface area contributed by atoms with E-state index in [1.807, 2.05) is 32.0 Å². The molecule has 0 unspecified atom stereocenters. The van der Waals surface area contributed by atoms with E-state index in [2.05, 4.69) is 10.6 Å². The van der Waals surface area contributed by atoms with E-state index in [1.165, 1.54) is 17.7 Å². The summed E-state index contributed by atoms with van der Waals surface area (Å²) in [6.07, 6.45) is 0.565. The lowest BCUT2D eigenvalue weighted by molar-refractivity contribution is -0.118. The van der Waals surface area contributed by atoms with Crippen LogP contribution in [0.25, 0.3) is 0 Å². The van der Waals surface area contributed by atoms with E-state index < -0.39 is 12.1 Å². The third kappa shape index (κ3) is 4.02. The minimum atomic E-state index is -0.537.